The molecule has 0 aliphatic rings. The monoisotopic (exact) mass is 401 g/mol. The number of carbonyl (C=O) groups excluding carboxylic acids is 3. The van der Waals surface area contributed by atoms with Gasteiger partial charge in [-0.1, -0.05) is 24.3 Å². The van der Waals surface area contributed by atoms with Crippen molar-refractivity contribution >= 4 is 71.3 Å². The summed E-state index contributed by atoms with van der Waals surface area (Å²) >= 11 is 4.18. The van der Waals surface area contributed by atoms with Crippen LogP contribution in [0.1, 0.15) is 19.3 Å². The normalized spacial score (nSPS) is 10.9. The van der Waals surface area contributed by atoms with Gasteiger partial charge in [-0.15, -0.1) is 34.0 Å². The highest BCUT2D eigenvalue weighted by molar-refractivity contribution is 7.33. The fourth-order valence-electron chi connectivity index (χ4n) is 2.43. The molecule has 0 unspecified atom stereocenters. The topological polar surface area (TPSA) is 72.5 Å². The van der Waals surface area contributed by atoms with Gasteiger partial charge in [0.05, 0.1) is 9.58 Å². The molecule has 8 heteroatoms. The molecule has 0 saturated carbocycles. The minimum absolute atomic E-state index is 0.426. The molecular weight excluding hydrogens is 390 g/mol. The highest BCUT2D eigenvalue weighted by Gasteiger charge is 2.17. The van der Waals surface area contributed by atoms with Crippen molar-refractivity contribution in [2.75, 3.05) is 6.61 Å². The number of amides is 2. The highest BCUT2D eigenvalue weighted by Crippen LogP contribution is 2.39. The SMILES string of the molecule is O=C(COC(=O)c1cc2sc3ccccc3c2s1)NC(=O)c1cccs1. The number of thiophene rings is 3. The van der Waals surface area contributed by atoms with E-state index in [0.717, 1.165) is 14.8 Å². The van der Waals surface area contributed by atoms with E-state index in [4.69, 9.17) is 4.74 Å². The maximum absolute atomic E-state index is 12.2. The van der Waals surface area contributed by atoms with Crippen molar-refractivity contribution in [3.05, 3.63) is 57.6 Å². The third-order valence-corrected chi connectivity index (χ3v) is 6.85. The van der Waals surface area contributed by atoms with Gasteiger partial charge in [0, 0.05) is 14.8 Å². The Balaban J connectivity index is 1.41. The molecule has 1 aromatic carbocycles. The molecule has 1 N–H and O–H groups in total. The lowest BCUT2D eigenvalue weighted by atomic mass is 10.2. The zero-order valence-corrected chi connectivity index (χ0v) is 15.6. The van der Waals surface area contributed by atoms with E-state index in [1.165, 1.54) is 27.4 Å². The Morgan fingerprint density at radius 2 is 1.81 bits per heavy atom. The molecule has 130 valence electrons. The van der Waals surface area contributed by atoms with Crippen LogP contribution in [0.15, 0.2) is 47.8 Å². The van der Waals surface area contributed by atoms with E-state index in [2.05, 4.69) is 5.32 Å². The summed E-state index contributed by atoms with van der Waals surface area (Å²) in [5, 5.41) is 5.04. The highest BCUT2D eigenvalue weighted by atomic mass is 32.1. The zero-order valence-electron chi connectivity index (χ0n) is 13.2. The second-order valence-corrected chi connectivity index (χ2v) is 8.42. The fourth-order valence-corrected chi connectivity index (χ4v) is 5.47. The average Bonchev–Trinajstić information content (AvgIpc) is 3.35. The number of hydrogen-bond donors (Lipinski definition) is 1. The van der Waals surface area contributed by atoms with Gasteiger partial charge in [0.15, 0.2) is 6.61 Å². The van der Waals surface area contributed by atoms with Crippen LogP contribution in [0.4, 0.5) is 0 Å². The quantitative estimate of drug-likeness (QED) is 0.518. The number of benzene rings is 1. The molecule has 0 aliphatic carbocycles. The van der Waals surface area contributed by atoms with E-state index in [-0.39, 0.29) is 0 Å². The van der Waals surface area contributed by atoms with Gasteiger partial charge >= 0.3 is 5.97 Å². The first kappa shape index (κ1) is 16.9. The van der Waals surface area contributed by atoms with Crippen molar-refractivity contribution < 1.29 is 19.1 Å². The second-order valence-electron chi connectivity index (χ2n) is 5.33. The zero-order chi connectivity index (χ0) is 18.1. The van der Waals surface area contributed by atoms with E-state index in [0.29, 0.717) is 9.75 Å². The molecular formula is C18H11NO4S3. The summed E-state index contributed by atoms with van der Waals surface area (Å²) in [5.41, 5.74) is 0. The molecule has 0 bridgehead atoms. The predicted molar refractivity (Wildman–Crippen MR) is 104 cm³/mol. The van der Waals surface area contributed by atoms with Crippen LogP contribution in [0.3, 0.4) is 0 Å². The second kappa shape index (κ2) is 6.99. The van der Waals surface area contributed by atoms with Crippen LogP contribution in [-0.2, 0) is 9.53 Å². The molecule has 0 spiro atoms. The Morgan fingerprint density at radius 3 is 2.62 bits per heavy atom. The predicted octanol–water partition coefficient (Wildman–Crippen LogP) is 4.29. The van der Waals surface area contributed by atoms with Crippen molar-refractivity contribution in [1.82, 2.24) is 5.32 Å². The first-order valence-electron chi connectivity index (χ1n) is 7.58. The summed E-state index contributed by atoms with van der Waals surface area (Å²) in [6.07, 6.45) is 0. The largest absolute Gasteiger partial charge is 0.451 e. The molecule has 4 rings (SSSR count). The number of ether oxygens (including phenoxy) is 1. The van der Waals surface area contributed by atoms with Crippen molar-refractivity contribution in [2.45, 2.75) is 0 Å². The fraction of sp³-hybridized carbons (Fsp3) is 0.0556. The maximum atomic E-state index is 12.2. The molecule has 3 heterocycles. The maximum Gasteiger partial charge on any atom is 0.348 e. The third-order valence-electron chi connectivity index (χ3n) is 3.58. The van der Waals surface area contributed by atoms with E-state index >= 15 is 0 Å². The molecule has 0 radical (unpaired) electrons. The van der Waals surface area contributed by atoms with Gasteiger partial charge in [-0.2, -0.15) is 0 Å². The van der Waals surface area contributed by atoms with Crippen LogP contribution in [0, 0.1) is 0 Å². The van der Waals surface area contributed by atoms with Crippen LogP contribution in [0.25, 0.3) is 19.5 Å². The molecule has 2 amide bonds. The van der Waals surface area contributed by atoms with Crippen LogP contribution < -0.4 is 5.32 Å². The van der Waals surface area contributed by atoms with Gasteiger partial charge < -0.3 is 4.74 Å². The number of imide groups is 1. The molecule has 4 aromatic rings. The minimum atomic E-state index is -0.652. The van der Waals surface area contributed by atoms with Crippen LogP contribution >= 0.6 is 34.0 Å². The first-order valence-corrected chi connectivity index (χ1v) is 10.1. The Labute approximate surface area is 159 Å². The van der Waals surface area contributed by atoms with Crippen LogP contribution in [0.2, 0.25) is 0 Å². The van der Waals surface area contributed by atoms with Gasteiger partial charge in [0.25, 0.3) is 11.8 Å². The Kier molecular flexibility index (Phi) is 4.54. The first-order chi connectivity index (χ1) is 12.6. The molecule has 3 aromatic heterocycles. The molecule has 0 aliphatic heterocycles. The molecule has 0 fully saturated rings. The van der Waals surface area contributed by atoms with Crippen LogP contribution in [0.5, 0.6) is 0 Å². The van der Waals surface area contributed by atoms with Crippen molar-refractivity contribution in [2.24, 2.45) is 0 Å². The number of rotatable bonds is 4. The van der Waals surface area contributed by atoms with Crippen molar-refractivity contribution in [3.8, 4) is 0 Å². The Hall–Kier alpha value is -2.55. The Morgan fingerprint density at radius 1 is 0.962 bits per heavy atom. The smallest absolute Gasteiger partial charge is 0.348 e. The van der Waals surface area contributed by atoms with E-state index < -0.39 is 24.4 Å². The van der Waals surface area contributed by atoms with E-state index in [9.17, 15) is 14.4 Å². The van der Waals surface area contributed by atoms with Gasteiger partial charge in [-0.25, -0.2) is 4.79 Å². The third kappa shape index (κ3) is 3.26. The van der Waals surface area contributed by atoms with Gasteiger partial charge in [0.1, 0.15) is 4.88 Å². The summed E-state index contributed by atoms with van der Waals surface area (Å²) in [4.78, 5) is 36.6. The molecule has 26 heavy (non-hydrogen) atoms. The van der Waals surface area contributed by atoms with Crippen molar-refractivity contribution in [1.29, 1.82) is 0 Å². The van der Waals surface area contributed by atoms with E-state index in [1.807, 2.05) is 24.3 Å². The molecule has 0 saturated heterocycles. The van der Waals surface area contributed by atoms with Gasteiger partial charge in [-0.3, -0.25) is 14.9 Å². The average molecular weight is 401 g/mol. The molecule has 5 nitrogen and oxygen atoms in total. The van der Waals surface area contributed by atoms with Crippen molar-refractivity contribution in [3.63, 3.8) is 0 Å². The lowest BCUT2D eigenvalue weighted by Gasteiger charge is -2.03. The lowest BCUT2D eigenvalue weighted by Crippen LogP contribution is -2.33. The number of nitrogens with one attached hydrogen (secondary N) is 1. The number of fused-ring (bicyclic) bond motifs is 3. The number of hydrogen-bond acceptors (Lipinski definition) is 7. The number of esters is 1. The molecule has 0 atom stereocenters. The summed E-state index contributed by atoms with van der Waals surface area (Å²) in [7, 11) is 0. The summed E-state index contributed by atoms with van der Waals surface area (Å²) in [6.45, 7) is -0.498. The lowest BCUT2D eigenvalue weighted by molar-refractivity contribution is -0.123. The summed E-state index contributed by atoms with van der Waals surface area (Å²) in [5.74, 6) is -1.72. The van der Waals surface area contributed by atoms with E-state index in [1.54, 1.807) is 34.9 Å². The minimum Gasteiger partial charge on any atom is -0.451 e. The van der Waals surface area contributed by atoms with Gasteiger partial charge in [-0.05, 0) is 23.6 Å². The Bertz CT molecular complexity index is 1120. The standard InChI is InChI=1S/C18H11NO4S3/c20-15(19-17(21)12-6-3-7-24-12)9-23-18(22)14-8-13-16(26-14)10-4-1-2-5-11(10)25-13/h1-8H,9H2,(H,19,20,21). The number of carbonyl (C=O) groups is 3. The van der Waals surface area contributed by atoms with Gasteiger partial charge in [0.2, 0.25) is 0 Å². The van der Waals surface area contributed by atoms with Crippen LogP contribution in [-0.4, -0.2) is 24.4 Å². The summed E-state index contributed by atoms with van der Waals surface area (Å²) < 4.78 is 8.25. The summed E-state index contributed by atoms with van der Waals surface area (Å²) in [6, 6.07) is 13.1.